The number of hydrogen-bond donors (Lipinski definition) is 1. The van der Waals surface area contributed by atoms with E-state index in [1.54, 1.807) is 0 Å². The molecule has 70 valence electrons. The Labute approximate surface area is 82.9 Å². The van der Waals surface area contributed by atoms with Crippen molar-refractivity contribution in [1.29, 1.82) is 0 Å². The fraction of sp³-hybridized carbons (Fsp3) is 0.300. The fourth-order valence-corrected chi connectivity index (χ4v) is 1.16. The summed E-state index contributed by atoms with van der Waals surface area (Å²) in [5.41, 5.74) is 1.18. The molecule has 0 saturated carbocycles. The van der Waals surface area contributed by atoms with Crippen LogP contribution in [-0.2, 0) is 11.2 Å². The van der Waals surface area contributed by atoms with Gasteiger partial charge in [-0.15, -0.1) is 0 Å². The van der Waals surface area contributed by atoms with Gasteiger partial charge in [-0.05, 0) is 24.1 Å². The molecule has 0 fully saturated rings. The molecule has 1 aromatic rings. The molecule has 0 aliphatic rings. The van der Waals surface area contributed by atoms with Crippen LogP contribution in [0.5, 0.6) is 0 Å². The lowest BCUT2D eigenvalue weighted by molar-refractivity contribution is -0.118. The number of halogens is 1. The zero-order valence-corrected chi connectivity index (χ0v) is 8.27. The van der Waals surface area contributed by atoms with Crippen molar-refractivity contribution in [3.05, 3.63) is 34.9 Å². The molecule has 1 amide bonds. The number of carbonyl (C=O) groups excluding carboxylic acids is 1. The molecule has 0 aromatic heterocycles. The lowest BCUT2D eigenvalue weighted by Gasteiger charge is -2.01. The van der Waals surface area contributed by atoms with E-state index in [9.17, 15) is 4.79 Å². The Morgan fingerprint density at radius 2 is 2.00 bits per heavy atom. The Balaban J connectivity index is 2.37. The summed E-state index contributed by atoms with van der Waals surface area (Å²) >= 11 is 5.73. The van der Waals surface area contributed by atoms with Crippen molar-refractivity contribution in [2.45, 2.75) is 13.3 Å². The van der Waals surface area contributed by atoms with E-state index < -0.39 is 0 Å². The molecule has 1 rings (SSSR count). The number of hydrogen-bond acceptors (Lipinski definition) is 1. The van der Waals surface area contributed by atoms with Gasteiger partial charge < -0.3 is 5.32 Å². The SMILES string of the molecule is CC(=O)NCCc1ccc(Cl)cc1. The Morgan fingerprint density at radius 3 is 2.54 bits per heavy atom. The minimum Gasteiger partial charge on any atom is -0.356 e. The Hall–Kier alpha value is -1.02. The highest BCUT2D eigenvalue weighted by Crippen LogP contribution is 2.09. The van der Waals surface area contributed by atoms with Gasteiger partial charge >= 0.3 is 0 Å². The second-order valence-corrected chi connectivity index (χ2v) is 3.30. The second kappa shape index (κ2) is 4.87. The predicted molar refractivity (Wildman–Crippen MR) is 53.8 cm³/mol. The van der Waals surface area contributed by atoms with Gasteiger partial charge in [0, 0.05) is 18.5 Å². The standard InChI is InChI=1S/C10H12ClNO/c1-8(13)12-7-6-9-2-4-10(11)5-3-9/h2-5H,6-7H2,1H3,(H,12,13). The molecule has 1 N–H and O–H groups in total. The molecule has 0 atom stereocenters. The minimum atomic E-state index is 0.00830. The first-order valence-electron chi connectivity index (χ1n) is 4.17. The van der Waals surface area contributed by atoms with Gasteiger partial charge in [0.15, 0.2) is 0 Å². The van der Waals surface area contributed by atoms with E-state index in [1.165, 1.54) is 12.5 Å². The quantitative estimate of drug-likeness (QED) is 0.790. The highest BCUT2D eigenvalue weighted by Gasteiger charge is 1.94. The number of nitrogens with one attached hydrogen (secondary N) is 1. The van der Waals surface area contributed by atoms with Crippen molar-refractivity contribution in [1.82, 2.24) is 5.32 Å². The lowest BCUT2D eigenvalue weighted by Crippen LogP contribution is -2.22. The van der Waals surface area contributed by atoms with Crippen molar-refractivity contribution in [3.8, 4) is 0 Å². The predicted octanol–water partition coefficient (Wildman–Crippen LogP) is 2.02. The van der Waals surface area contributed by atoms with Crippen molar-refractivity contribution in [3.63, 3.8) is 0 Å². The van der Waals surface area contributed by atoms with Gasteiger partial charge in [0.05, 0.1) is 0 Å². The van der Waals surface area contributed by atoms with Gasteiger partial charge in [0.25, 0.3) is 0 Å². The molecule has 13 heavy (non-hydrogen) atoms. The van der Waals surface area contributed by atoms with Crippen LogP contribution in [-0.4, -0.2) is 12.5 Å². The molecule has 0 saturated heterocycles. The van der Waals surface area contributed by atoms with Crippen LogP contribution in [0.25, 0.3) is 0 Å². The maximum absolute atomic E-state index is 10.6. The summed E-state index contributed by atoms with van der Waals surface area (Å²) < 4.78 is 0. The van der Waals surface area contributed by atoms with Crippen LogP contribution in [0.1, 0.15) is 12.5 Å². The van der Waals surface area contributed by atoms with E-state index in [-0.39, 0.29) is 5.91 Å². The van der Waals surface area contributed by atoms with Crippen LogP contribution in [0.3, 0.4) is 0 Å². The van der Waals surface area contributed by atoms with Crippen molar-refractivity contribution >= 4 is 17.5 Å². The average molecular weight is 198 g/mol. The normalized spacial score (nSPS) is 9.69. The van der Waals surface area contributed by atoms with Crippen LogP contribution < -0.4 is 5.32 Å². The summed E-state index contributed by atoms with van der Waals surface area (Å²) in [5.74, 6) is 0.00830. The van der Waals surface area contributed by atoms with E-state index >= 15 is 0 Å². The molecule has 0 spiro atoms. The first-order valence-corrected chi connectivity index (χ1v) is 4.55. The molecule has 0 unspecified atom stereocenters. The third-order valence-electron chi connectivity index (χ3n) is 1.70. The van der Waals surface area contributed by atoms with Gasteiger partial charge in [0.2, 0.25) is 5.91 Å². The molecule has 2 nitrogen and oxygen atoms in total. The van der Waals surface area contributed by atoms with Gasteiger partial charge in [-0.2, -0.15) is 0 Å². The molecular formula is C10H12ClNO. The van der Waals surface area contributed by atoms with E-state index in [2.05, 4.69) is 5.32 Å². The Kier molecular flexibility index (Phi) is 3.77. The topological polar surface area (TPSA) is 29.1 Å². The van der Waals surface area contributed by atoms with E-state index in [0.29, 0.717) is 6.54 Å². The lowest BCUT2D eigenvalue weighted by atomic mass is 10.1. The number of benzene rings is 1. The van der Waals surface area contributed by atoms with Crippen LogP contribution in [0.2, 0.25) is 5.02 Å². The molecule has 1 aromatic carbocycles. The zero-order chi connectivity index (χ0) is 9.68. The summed E-state index contributed by atoms with van der Waals surface area (Å²) in [5, 5.41) is 3.48. The summed E-state index contributed by atoms with van der Waals surface area (Å²) in [6.07, 6.45) is 0.844. The first-order chi connectivity index (χ1) is 6.18. The van der Waals surface area contributed by atoms with Crippen molar-refractivity contribution in [2.24, 2.45) is 0 Å². The van der Waals surface area contributed by atoms with Gasteiger partial charge in [0.1, 0.15) is 0 Å². The van der Waals surface area contributed by atoms with Gasteiger partial charge in [-0.1, -0.05) is 23.7 Å². The van der Waals surface area contributed by atoms with E-state index in [1.807, 2.05) is 24.3 Å². The van der Waals surface area contributed by atoms with Gasteiger partial charge in [-0.25, -0.2) is 0 Å². The Bertz CT molecular complexity index is 281. The highest BCUT2D eigenvalue weighted by molar-refractivity contribution is 6.30. The van der Waals surface area contributed by atoms with Gasteiger partial charge in [-0.3, -0.25) is 4.79 Å². The number of carbonyl (C=O) groups is 1. The van der Waals surface area contributed by atoms with Crippen LogP contribution in [0, 0.1) is 0 Å². The minimum absolute atomic E-state index is 0.00830. The largest absolute Gasteiger partial charge is 0.356 e. The first kappa shape index (κ1) is 10.1. The summed E-state index contributed by atoms with van der Waals surface area (Å²) in [6, 6.07) is 7.63. The Morgan fingerprint density at radius 1 is 1.38 bits per heavy atom. The number of rotatable bonds is 3. The fourth-order valence-electron chi connectivity index (χ4n) is 1.03. The maximum Gasteiger partial charge on any atom is 0.216 e. The van der Waals surface area contributed by atoms with Crippen molar-refractivity contribution in [2.75, 3.05) is 6.54 Å². The van der Waals surface area contributed by atoms with Crippen molar-refractivity contribution < 1.29 is 4.79 Å². The third-order valence-corrected chi connectivity index (χ3v) is 1.95. The maximum atomic E-state index is 10.6. The number of amides is 1. The molecule has 0 heterocycles. The average Bonchev–Trinajstić information content (AvgIpc) is 2.08. The second-order valence-electron chi connectivity index (χ2n) is 2.86. The molecular weight excluding hydrogens is 186 g/mol. The summed E-state index contributed by atoms with van der Waals surface area (Å²) in [4.78, 5) is 10.6. The zero-order valence-electron chi connectivity index (χ0n) is 7.51. The van der Waals surface area contributed by atoms with Crippen LogP contribution in [0.4, 0.5) is 0 Å². The van der Waals surface area contributed by atoms with E-state index in [4.69, 9.17) is 11.6 Å². The van der Waals surface area contributed by atoms with Crippen LogP contribution in [0.15, 0.2) is 24.3 Å². The molecule has 0 aliphatic heterocycles. The summed E-state index contributed by atoms with van der Waals surface area (Å²) in [6.45, 7) is 2.19. The van der Waals surface area contributed by atoms with E-state index in [0.717, 1.165) is 11.4 Å². The molecule has 3 heteroatoms. The molecule has 0 radical (unpaired) electrons. The molecule has 0 aliphatic carbocycles. The summed E-state index contributed by atoms with van der Waals surface area (Å²) in [7, 11) is 0. The monoisotopic (exact) mass is 197 g/mol. The third kappa shape index (κ3) is 3.95. The smallest absolute Gasteiger partial charge is 0.216 e. The molecule has 0 bridgehead atoms. The van der Waals surface area contributed by atoms with Crippen LogP contribution >= 0.6 is 11.6 Å². The highest BCUT2D eigenvalue weighted by atomic mass is 35.5.